The molecule has 0 aliphatic carbocycles. The number of nitrogens with zero attached hydrogens (tertiary/aromatic N) is 1. The molecule has 0 aromatic heterocycles. The Kier molecular flexibility index (Phi) is 13.4. The maximum absolute atomic E-state index is 13.7. The Morgan fingerprint density at radius 2 is 1.09 bits per heavy atom. The van der Waals surface area contributed by atoms with Gasteiger partial charge in [0.25, 0.3) is 0 Å². The molecule has 0 spiro atoms. The zero-order valence-corrected chi connectivity index (χ0v) is 25.1. The molecule has 1 amide bonds. The minimum atomic E-state index is -0.642. The summed E-state index contributed by atoms with van der Waals surface area (Å²) in [5.41, 5.74) is 3.93. The molecule has 0 saturated heterocycles. The number of carbonyl (C=O) groups excluding carboxylic acids is 1. The molecule has 0 aliphatic heterocycles. The third-order valence-electron chi connectivity index (χ3n) is 7.07. The van der Waals surface area contributed by atoms with Crippen LogP contribution in [0.5, 0.6) is 0 Å². The van der Waals surface area contributed by atoms with E-state index in [0.717, 1.165) is 22.3 Å². The predicted molar refractivity (Wildman–Crippen MR) is 174 cm³/mol. The third kappa shape index (κ3) is 10.3. The van der Waals surface area contributed by atoms with Crippen LogP contribution in [0, 0.1) is 0 Å². The largest absolute Gasteiger partial charge is 0.445 e. The molecule has 0 heterocycles. The van der Waals surface area contributed by atoms with Crippen molar-refractivity contribution >= 4 is 6.09 Å². The highest BCUT2D eigenvalue weighted by Crippen LogP contribution is 2.22. The fourth-order valence-electron chi connectivity index (χ4n) is 4.78. The van der Waals surface area contributed by atoms with Crippen LogP contribution in [0.25, 0.3) is 0 Å². The van der Waals surface area contributed by atoms with Gasteiger partial charge in [0.1, 0.15) is 18.8 Å². The summed E-state index contributed by atoms with van der Waals surface area (Å²) in [5.74, 6) is 0. The van der Waals surface area contributed by atoms with Crippen LogP contribution in [0.15, 0.2) is 147 Å². The zero-order valence-electron chi connectivity index (χ0n) is 25.1. The molecule has 6 heteroatoms. The van der Waals surface area contributed by atoms with Crippen LogP contribution in [0.1, 0.15) is 22.3 Å². The van der Waals surface area contributed by atoms with Crippen LogP contribution < -0.4 is 0 Å². The maximum Gasteiger partial charge on any atom is 0.410 e. The zero-order chi connectivity index (χ0) is 30.8. The van der Waals surface area contributed by atoms with E-state index in [9.17, 15) is 4.79 Å². The first kappa shape index (κ1) is 32.4. The molecule has 0 saturated carbocycles. The average Bonchev–Trinajstić information content (AvgIpc) is 3.08. The maximum atomic E-state index is 13.7. The summed E-state index contributed by atoms with van der Waals surface area (Å²) in [5, 5.41) is 0. The van der Waals surface area contributed by atoms with Gasteiger partial charge >= 0.3 is 6.09 Å². The molecule has 0 bridgehead atoms. The summed E-state index contributed by atoms with van der Waals surface area (Å²) in [7, 11) is 0. The summed E-state index contributed by atoms with van der Waals surface area (Å²) in [6.45, 7) is 9.56. The van der Waals surface area contributed by atoms with Crippen molar-refractivity contribution in [3.05, 3.63) is 169 Å². The molecular weight excluding hydrogens is 550 g/mol. The highest BCUT2D eigenvalue weighted by atomic mass is 16.6. The molecule has 0 radical (unpaired) electrons. The molecule has 0 fully saturated rings. The quantitative estimate of drug-likeness (QED) is 0.111. The van der Waals surface area contributed by atoms with E-state index in [2.05, 4.69) is 13.2 Å². The molecule has 0 unspecified atom stereocenters. The Bertz CT molecular complexity index is 1380. The molecular formula is C38H41NO5. The van der Waals surface area contributed by atoms with Crippen molar-refractivity contribution in [3.63, 3.8) is 0 Å². The van der Waals surface area contributed by atoms with Crippen LogP contribution in [0.2, 0.25) is 0 Å². The Morgan fingerprint density at radius 3 is 1.57 bits per heavy atom. The molecule has 0 aliphatic rings. The standard InChI is InChI=1S/C38H41NO5/c1-3-25-39(38(40)44-29-34-23-15-8-16-24-34)35(30-41-26-31-17-9-5-10-18-31)37(43-28-33-21-13-7-14-22-33)36(4-2)42-27-32-19-11-6-12-20-32/h3-24,35-37H,1-2,25-30H2/t35-,36-,37-/m1/s1. The number of amides is 1. The second-order valence-corrected chi connectivity index (χ2v) is 10.3. The lowest BCUT2D eigenvalue weighted by Gasteiger charge is -2.38. The van der Waals surface area contributed by atoms with Gasteiger partial charge in [-0.2, -0.15) is 0 Å². The number of carbonyl (C=O) groups is 1. The molecule has 4 aromatic rings. The molecule has 0 N–H and O–H groups in total. The Morgan fingerprint density at radius 1 is 0.636 bits per heavy atom. The minimum Gasteiger partial charge on any atom is -0.445 e. The Balaban J connectivity index is 1.62. The van der Waals surface area contributed by atoms with Crippen molar-refractivity contribution < 1.29 is 23.7 Å². The highest BCUT2D eigenvalue weighted by molar-refractivity contribution is 5.68. The third-order valence-corrected chi connectivity index (χ3v) is 7.07. The summed E-state index contributed by atoms with van der Waals surface area (Å²) in [6.07, 6.45) is 1.69. The van der Waals surface area contributed by atoms with E-state index < -0.39 is 24.3 Å². The second-order valence-electron chi connectivity index (χ2n) is 10.3. The van der Waals surface area contributed by atoms with Crippen LogP contribution in [0.3, 0.4) is 0 Å². The van der Waals surface area contributed by atoms with Crippen molar-refractivity contribution in [2.45, 2.75) is 44.7 Å². The van der Waals surface area contributed by atoms with Gasteiger partial charge in [0.2, 0.25) is 0 Å². The van der Waals surface area contributed by atoms with Gasteiger partial charge in [-0.05, 0) is 22.3 Å². The van der Waals surface area contributed by atoms with Crippen LogP contribution in [-0.4, -0.2) is 42.4 Å². The van der Waals surface area contributed by atoms with Gasteiger partial charge in [-0.1, -0.05) is 133 Å². The summed E-state index contributed by atoms with van der Waals surface area (Å²) in [4.78, 5) is 15.3. The van der Waals surface area contributed by atoms with Gasteiger partial charge in [-0.15, -0.1) is 13.2 Å². The smallest absolute Gasteiger partial charge is 0.410 e. The van der Waals surface area contributed by atoms with Gasteiger partial charge in [0, 0.05) is 6.54 Å². The van der Waals surface area contributed by atoms with Crippen molar-refractivity contribution in [1.82, 2.24) is 4.90 Å². The average molecular weight is 592 g/mol. The number of hydrogen-bond acceptors (Lipinski definition) is 5. The van der Waals surface area contributed by atoms with Crippen LogP contribution in [0.4, 0.5) is 4.79 Å². The predicted octanol–water partition coefficient (Wildman–Crippen LogP) is 7.75. The first-order valence-electron chi connectivity index (χ1n) is 14.8. The molecule has 3 atom stereocenters. The first-order chi connectivity index (χ1) is 21.7. The number of rotatable bonds is 18. The molecule has 6 nitrogen and oxygen atoms in total. The molecule has 228 valence electrons. The van der Waals surface area contributed by atoms with E-state index in [0.29, 0.717) is 19.8 Å². The fourth-order valence-corrected chi connectivity index (χ4v) is 4.78. The monoisotopic (exact) mass is 591 g/mol. The minimum absolute atomic E-state index is 0.135. The number of hydrogen-bond donors (Lipinski definition) is 0. The van der Waals surface area contributed by atoms with E-state index >= 15 is 0 Å². The normalized spacial score (nSPS) is 12.9. The fraction of sp³-hybridized carbons (Fsp3) is 0.237. The van der Waals surface area contributed by atoms with Crippen LogP contribution in [-0.2, 0) is 45.4 Å². The summed E-state index contributed by atoms with van der Waals surface area (Å²) < 4.78 is 25.1. The second kappa shape index (κ2) is 18.2. The topological polar surface area (TPSA) is 57.2 Å². The Labute approximate surface area is 261 Å². The van der Waals surface area contributed by atoms with Crippen molar-refractivity contribution in [2.75, 3.05) is 13.2 Å². The lowest BCUT2D eigenvalue weighted by Crippen LogP contribution is -2.54. The lowest BCUT2D eigenvalue weighted by atomic mass is 10.0. The Hall–Kier alpha value is -4.49. The lowest BCUT2D eigenvalue weighted by molar-refractivity contribution is -0.112. The van der Waals surface area contributed by atoms with Gasteiger partial charge < -0.3 is 18.9 Å². The van der Waals surface area contributed by atoms with Gasteiger partial charge in [0.15, 0.2) is 0 Å². The van der Waals surface area contributed by atoms with E-state index in [1.165, 1.54) is 0 Å². The van der Waals surface area contributed by atoms with E-state index in [-0.39, 0.29) is 19.8 Å². The molecule has 4 aromatic carbocycles. The van der Waals surface area contributed by atoms with Crippen LogP contribution >= 0.6 is 0 Å². The molecule has 44 heavy (non-hydrogen) atoms. The van der Waals surface area contributed by atoms with E-state index in [1.54, 1.807) is 17.1 Å². The number of benzene rings is 4. The van der Waals surface area contributed by atoms with Gasteiger partial charge in [0.05, 0.1) is 32.5 Å². The van der Waals surface area contributed by atoms with Crippen molar-refractivity contribution in [1.29, 1.82) is 0 Å². The van der Waals surface area contributed by atoms with E-state index in [4.69, 9.17) is 18.9 Å². The highest BCUT2D eigenvalue weighted by Gasteiger charge is 2.37. The number of ether oxygens (including phenoxy) is 4. The van der Waals surface area contributed by atoms with Gasteiger partial charge in [-0.3, -0.25) is 4.90 Å². The molecule has 4 rings (SSSR count). The van der Waals surface area contributed by atoms with Gasteiger partial charge in [-0.25, -0.2) is 4.79 Å². The first-order valence-corrected chi connectivity index (χ1v) is 14.8. The van der Waals surface area contributed by atoms with E-state index in [1.807, 2.05) is 121 Å². The van der Waals surface area contributed by atoms with Crippen molar-refractivity contribution in [2.24, 2.45) is 0 Å². The SMILES string of the molecule is C=CCN(C(=O)OCc1ccccc1)[C@H](COCc1ccccc1)[C@@H](OCc1ccccc1)[C@@H](C=C)OCc1ccccc1. The summed E-state index contributed by atoms with van der Waals surface area (Å²) in [6, 6.07) is 38.7. The van der Waals surface area contributed by atoms with Crippen molar-refractivity contribution in [3.8, 4) is 0 Å². The summed E-state index contributed by atoms with van der Waals surface area (Å²) >= 11 is 0.